The second-order valence-electron chi connectivity index (χ2n) is 5.43. The van der Waals surface area contributed by atoms with Gasteiger partial charge in [-0.15, -0.1) is 0 Å². The minimum Gasteiger partial charge on any atom is -0.493 e. The lowest BCUT2D eigenvalue weighted by atomic mass is 10.1. The Hall–Kier alpha value is -2.24. The van der Waals surface area contributed by atoms with Gasteiger partial charge in [0.1, 0.15) is 0 Å². The van der Waals surface area contributed by atoms with E-state index < -0.39 is 12.2 Å². The highest BCUT2D eigenvalue weighted by molar-refractivity contribution is 5.99. The number of carbonyl (C=O) groups is 2. The van der Waals surface area contributed by atoms with Crippen molar-refractivity contribution in [1.82, 2.24) is 5.32 Å². The quantitative estimate of drug-likeness (QED) is 0.837. The topological polar surface area (TPSA) is 73.9 Å². The number of nitrogens with one attached hydrogen (secondary N) is 1. The van der Waals surface area contributed by atoms with Crippen LogP contribution in [-0.4, -0.2) is 31.3 Å². The summed E-state index contributed by atoms with van der Waals surface area (Å²) in [6.07, 6.45) is 0.753. The van der Waals surface area contributed by atoms with Crippen molar-refractivity contribution in [2.45, 2.75) is 45.3 Å². The first-order valence-corrected chi connectivity index (χ1v) is 7.34. The average Bonchev–Trinajstić information content (AvgIpc) is 2.78. The second-order valence-corrected chi connectivity index (χ2v) is 5.43. The molecule has 2 amide bonds. The summed E-state index contributed by atoms with van der Waals surface area (Å²) in [6.45, 7) is 3.92. The van der Waals surface area contributed by atoms with Crippen LogP contribution in [0.25, 0.3) is 0 Å². The lowest BCUT2D eigenvalue weighted by Gasteiger charge is -2.14. The summed E-state index contributed by atoms with van der Waals surface area (Å²) in [5.74, 6) is 1.05. The van der Waals surface area contributed by atoms with Gasteiger partial charge >= 0.3 is 6.09 Å². The smallest absolute Gasteiger partial charge is 0.414 e. The predicted molar refractivity (Wildman–Crippen MR) is 80.1 cm³/mol. The number of alkyl carbamates (subject to hydrolysis) is 1. The van der Waals surface area contributed by atoms with Crippen LogP contribution in [0.5, 0.6) is 11.5 Å². The van der Waals surface area contributed by atoms with Gasteiger partial charge in [0.2, 0.25) is 0 Å². The molecule has 1 aliphatic heterocycles. The molecule has 2 rings (SSSR count). The fourth-order valence-electron chi connectivity index (χ4n) is 2.29. The Labute approximate surface area is 129 Å². The summed E-state index contributed by atoms with van der Waals surface area (Å²) in [4.78, 5) is 22.3. The molecule has 6 nitrogen and oxygen atoms in total. The van der Waals surface area contributed by atoms with Gasteiger partial charge in [0.15, 0.2) is 17.6 Å². The molecule has 0 aliphatic carbocycles. The Morgan fingerprint density at radius 1 is 1.27 bits per heavy atom. The zero-order valence-electron chi connectivity index (χ0n) is 13.0. The molecule has 1 unspecified atom stereocenters. The van der Waals surface area contributed by atoms with Crippen molar-refractivity contribution < 1.29 is 23.8 Å². The molecule has 0 radical (unpaired) electrons. The van der Waals surface area contributed by atoms with Gasteiger partial charge in [-0.25, -0.2) is 4.79 Å². The molecule has 0 bridgehead atoms. The summed E-state index contributed by atoms with van der Waals surface area (Å²) < 4.78 is 15.9. The lowest BCUT2D eigenvalue weighted by Crippen LogP contribution is -2.24. The van der Waals surface area contributed by atoms with Crippen molar-refractivity contribution in [2.75, 3.05) is 7.11 Å². The number of hydrogen-bond acceptors (Lipinski definition) is 5. The summed E-state index contributed by atoms with van der Waals surface area (Å²) in [6, 6.07) is 5.79. The summed E-state index contributed by atoms with van der Waals surface area (Å²) >= 11 is 0. The van der Waals surface area contributed by atoms with Crippen LogP contribution in [0.3, 0.4) is 0 Å². The van der Waals surface area contributed by atoms with Crippen LogP contribution in [0.15, 0.2) is 18.2 Å². The van der Waals surface area contributed by atoms with Crippen LogP contribution in [-0.2, 0) is 16.0 Å². The molecule has 1 saturated heterocycles. The minimum atomic E-state index is -0.669. The maximum Gasteiger partial charge on any atom is 0.414 e. The van der Waals surface area contributed by atoms with Gasteiger partial charge in [-0.2, -0.15) is 0 Å². The normalized spacial score (nSPS) is 17.4. The van der Waals surface area contributed by atoms with E-state index in [0.717, 1.165) is 18.4 Å². The molecule has 6 heteroatoms. The predicted octanol–water partition coefficient (Wildman–Crippen LogP) is 2.44. The van der Waals surface area contributed by atoms with E-state index in [4.69, 9.17) is 14.2 Å². The maximum atomic E-state index is 11.4. The van der Waals surface area contributed by atoms with E-state index in [1.54, 1.807) is 7.11 Å². The van der Waals surface area contributed by atoms with E-state index in [9.17, 15) is 9.59 Å². The standard InChI is InChI=1S/C16H21NO5/c1-10(2)21-12-8-7-11(9-14(12)20-3)5-4-6-13-15(18)17-16(19)22-13/h7-10,13H,4-6H2,1-3H3,(H,17,18,19). The third kappa shape index (κ3) is 4.13. The molecule has 0 saturated carbocycles. The summed E-state index contributed by atoms with van der Waals surface area (Å²) in [7, 11) is 1.61. The van der Waals surface area contributed by atoms with Crippen molar-refractivity contribution in [3.8, 4) is 11.5 Å². The molecule has 1 N–H and O–H groups in total. The van der Waals surface area contributed by atoms with Gasteiger partial charge in [-0.1, -0.05) is 6.07 Å². The Morgan fingerprint density at radius 2 is 2.05 bits per heavy atom. The molecule has 1 aromatic rings. The van der Waals surface area contributed by atoms with Crippen LogP contribution < -0.4 is 14.8 Å². The van der Waals surface area contributed by atoms with Crippen molar-refractivity contribution in [1.29, 1.82) is 0 Å². The molecule has 1 atom stereocenters. The first-order chi connectivity index (χ1) is 10.5. The maximum absolute atomic E-state index is 11.4. The Balaban J connectivity index is 1.90. The molecule has 1 heterocycles. The fourth-order valence-corrected chi connectivity index (χ4v) is 2.29. The molecule has 1 aromatic carbocycles. The lowest BCUT2D eigenvalue weighted by molar-refractivity contribution is -0.123. The molecule has 0 spiro atoms. The van der Waals surface area contributed by atoms with E-state index in [1.807, 2.05) is 32.0 Å². The first kappa shape index (κ1) is 16.1. The summed E-state index contributed by atoms with van der Waals surface area (Å²) in [5, 5.41) is 2.12. The monoisotopic (exact) mass is 307 g/mol. The SMILES string of the molecule is COc1cc(CCCC2OC(=O)NC2=O)ccc1OC(C)C. The van der Waals surface area contributed by atoms with E-state index in [1.165, 1.54) is 0 Å². The zero-order chi connectivity index (χ0) is 16.1. The summed E-state index contributed by atoms with van der Waals surface area (Å²) in [5.41, 5.74) is 1.08. The molecule has 1 aliphatic rings. The number of aryl methyl sites for hydroxylation is 1. The molecule has 1 fully saturated rings. The zero-order valence-corrected chi connectivity index (χ0v) is 13.0. The number of methoxy groups -OCH3 is 1. The highest BCUT2D eigenvalue weighted by Gasteiger charge is 2.31. The van der Waals surface area contributed by atoms with Crippen LogP contribution in [0.4, 0.5) is 4.79 Å². The van der Waals surface area contributed by atoms with Crippen LogP contribution >= 0.6 is 0 Å². The van der Waals surface area contributed by atoms with E-state index in [0.29, 0.717) is 17.9 Å². The largest absolute Gasteiger partial charge is 0.493 e. The third-order valence-corrected chi connectivity index (χ3v) is 3.29. The number of benzene rings is 1. The van der Waals surface area contributed by atoms with E-state index >= 15 is 0 Å². The van der Waals surface area contributed by atoms with Gasteiger partial charge in [-0.05, 0) is 50.8 Å². The molecule has 22 heavy (non-hydrogen) atoms. The van der Waals surface area contributed by atoms with Crippen molar-refractivity contribution in [3.05, 3.63) is 23.8 Å². The van der Waals surface area contributed by atoms with Crippen LogP contribution in [0.1, 0.15) is 32.3 Å². The van der Waals surface area contributed by atoms with Gasteiger partial charge in [0.05, 0.1) is 13.2 Å². The average molecular weight is 307 g/mol. The number of imide groups is 1. The Morgan fingerprint density at radius 3 is 2.64 bits per heavy atom. The number of rotatable bonds is 7. The van der Waals surface area contributed by atoms with Gasteiger partial charge in [0, 0.05) is 0 Å². The van der Waals surface area contributed by atoms with Gasteiger partial charge in [0.25, 0.3) is 5.91 Å². The third-order valence-electron chi connectivity index (χ3n) is 3.29. The second kappa shape index (κ2) is 7.15. The number of cyclic esters (lactones) is 1. The van der Waals surface area contributed by atoms with Crippen LogP contribution in [0.2, 0.25) is 0 Å². The minimum absolute atomic E-state index is 0.0790. The first-order valence-electron chi connectivity index (χ1n) is 7.34. The highest BCUT2D eigenvalue weighted by Crippen LogP contribution is 2.29. The number of ether oxygens (including phenoxy) is 3. The Kier molecular flexibility index (Phi) is 5.25. The number of amides is 2. The van der Waals surface area contributed by atoms with E-state index in [2.05, 4.69) is 5.32 Å². The molecular formula is C16H21NO5. The molecular weight excluding hydrogens is 286 g/mol. The van der Waals surface area contributed by atoms with Crippen molar-refractivity contribution in [3.63, 3.8) is 0 Å². The number of hydrogen-bond donors (Lipinski definition) is 1. The molecule has 0 aromatic heterocycles. The van der Waals surface area contributed by atoms with Crippen molar-refractivity contribution >= 4 is 12.0 Å². The van der Waals surface area contributed by atoms with Gasteiger partial charge < -0.3 is 14.2 Å². The van der Waals surface area contributed by atoms with Gasteiger partial charge in [-0.3, -0.25) is 10.1 Å². The Bertz CT molecular complexity index is 555. The number of carbonyl (C=O) groups excluding carboxylic acids is 2. The molecule has 120 valence electrons. The highest BCUT2D eigenvalue weighted by atomic mass is 16.6. The van der Waals surface area contributed by atoms with Crippen LogP contribution in [0, 0.1) is 0 Å². The van der Waals surface area contributed by atoms with E-state index in [-0.39, 0.29) is 12.0 Å². The van der Waals surface area contributed by atoms with Crippen molar-refractivity contribution in [2.24, 2.45) is 0 Å². The fraction of sp³-hybridized carbons (Fsp3) is 0.500.